The predicted octanol–water partition coefficient (Wildman–Crippen LogP) is 18.0. The SMILES string of the molecule is CCCCCCC1(CCCCCC)c2cc(C)ccc2-c2ccc(-c3ccc(-c4ccc(-c5ccc(C)s5)c5nc(-c6ccc(CC)cc6)c(-c6ccc(CC)cc6)nc45)s3)cc21. The van der Waals surface area contributed by atoms with E-state index in [1.807, 2.05) is 22.7 Å². The lowest BCUT2D eigenvalue weighted by atomic mass is 9.70. The first-order valence-corrected chi connectivity index (χ1v) is 25.4. The van der Waals surface area contributed by atoms with Gasteiger partial charge >= 0.3 is 0 Å². The number of hydrogen-bond donors (Lipinski definition) is 0. The first kappa shape index (κ1) is 43.1. The van der Waals surface area contributed by atoms with Crippen LogP contribution in [0.2, 0.25) is 0 Å². The fourth-order valence-electron chi connectivity index (χ4n) is 10.1. The molecule has 0 saturated heterocycles. The van der Waals surface area contributed by atoms with Gasteiger partial charge in [0.25, 0.3) is 0 Å². The van der Waals surface area contributed by atoms with Crippen molar-refractivity contribution in [3.05, 3.63) is 154 Å². The highest BCUT2D eigenvalue weighted by atomic mass is 32.1. The number of hydrogen-bond acceptors (Lipinski definition) is 4. The Morgan fingerprint density at radius 1 is 0.429 bits per heavy atom. The summed E-state index contributed by atoms with van der Waals surface area (Å²) in [7, 11) is 0. The molecule has 0 saturated carbocycles. The van der Waals surface area contributed by atoms with Gasteiger partial charge in [0.2, 0.25) is 0 Å². The second kappa shape index (κ2) is 18.9. The fraction of sp³-hybridized carbons (Fsp3) is 0.322. The molecule has 63 heavy (non-hydrogen) atoms. The molecule has 5 aromatic carbocycles. The minimum Gasteiger partial charge on any atom is -0.243 e. The van der Waals surface area contributed by atoms with Crippen molar-refractivity contribution in [3.8, 4) is 65.0 Å². The average Bonchev–Trinajstić information content (AvgIpc) is 4.05. The van der Waals surface area contributed by atoms with Crippen LogP contribution in [0.25, 0.3) is 76.0 Å². The van der Waals surface area contributed by atoms with Crippen LogP contribution in [0, 0.1) is 13.8 Å². The Kier molecular flexibility index (Phi) is 12.9. The fourth-order valence-corrected chi connectivity index (χ4v) is 12.0. The Balaban J connectivity index is 1.19. The van der Waals surface area contributed by atoms with E-state index in [1.54, 1.807) is 11.1 Å². The molecular formula is C59H62N2S2. The van der Waals surface area contributed by atoms with Crippen LogP contribution >= 0.6 is 22.7 Å². The molecule has 0 spiro atoms. The van der Waals surface area contributed by atoms with Crippen LogP contribution in [0.1, 0.15) is 125 Å². The van der Waals surface area contributed by atoms with Gasteiger partial charge in [-0.15, -0.1) is 22.7 Å². The second-order valence-corrected chi connectivity index (χ2v) is 20.3. The van der Waals surface area contributed by atoms with Crippen LogP contribution in [0.3, 0.4) is 0 Å². The molecule has 1 aliphatic rings. The summed E-state index contributed by atoms with van der Waals surface area (Å²) in [6.07, 6.45) is 14.7. The molecule has 0 bridgehead atoms. The number of nitrogens with zero attached hydrogens (tertiary/aromatic N) is 2. The molecule has 0 unspecified atom stereocenters. The van der Waals surface area contributed by atoms with E-state index in [9.17, 15) is 0 Å². The maximum atomic E-state index is 5.70. The molecule has 0 N–H and O–H groups in total. The molecule has 0 aliphatic heterocycles. The van der Waals surface area contributed by atoms with Gasteiger partial charge in [0, 0.05) is 47.2 Å². The van der Waals surface area contributed by atoms with Crippen molar-refractivity contribution in [3.63, 3.8) is 0 Å². The molecule has 320 valence electrons. The van der Waals surface area contributed by atoms with Crippen molar-refractivity contribution < 1.29 is 0 Å². The van der Waals surface area contributed by atoms with Gasteiger partial charge in [0.15, 0.2) is 0 Å². The number of fused-ring (bicyclic) bond motifs is 4. The Morgan fingerprint density at radius 2 is 0.905 bits per heavy atom. The van der Waals surface area contributed by atoms with E-state index in [2.05, 4.69) is 163 Å². The summed E-state index contributed by atoms with van der Waals surface area (Å²) >= 11 is 3.71. The number of unbranched alkanes of at least 4 members (excludes halogenated alkanes) is 6. The Morgan fingerprint density at radius 3 is 1.43 bits per heavy atom. The van der Waals surface area contributed by atoms with E-state index >= 15 is 0 Å². The quantitative estimate of drug-likeness (QED) is 0.0853. The van der Waals surface area contributed by atoms with Gasteiger partial charge < -0.3 is 0 Å². The summed E-state index contributed by atoms with van der Waals surface area (Å²) < 4.78 is 0. The lowest BCUT2D eigenvalue weighted by Gasteiger charge is -2.33. The van der Waals surface area contributed by atoms with E-state index in [1.165, 1.54) is 117 Å². The standard InChI is InChI=1S/C59H62N2S2/c1-7-11-13-15-35-59(36-16-14-12-8-2)50-37-39(5)17-28-46(50)47-29-27-45(38-51(47)59)52-33-34-54(63-52)49-31-30-48(53-32-18-40(6)62-53)57-58(49)61-56(44-25-21-42(10-4)22-26-44)55(60-57)43-23-19-41(9-3)20-24-43/h17-34,37-38H,7-16,35-36H2,1-6H3. The third-order valence-electron chi connectivity index (χ3n) is 13.7. The highest BCUT2D eigenvalue weighted by molar-refractivity contribution is 7.19. The normalized spacial score (nSPS) is 12.9. The molecule has 0 radical (unpaired) electrons. The van der Waals surface area contributed by atoms with E-state index in [0.717, 1.165) is 57.5 Å². The van der Waals surface area contributed by atoms with Crippen LogP contribution < -0.4 is 0 Å². The first-order valence-electron chi connectivity index (χ1n) is 23.8. The molecule has 1 aliphatic carbocycles. The molecule has 0 atom stereocenters. The van der Waals surface area contributed by atoms with Gasteiger partial charge in [-0.3, -0.25) is 0 Å². The summed E-state index contributed by atoms with van der Waals surface area (Å²) in [4.78, 5) is 16.4. The van der Waals surface area contributed by atoms with E-state index in [-0.39, 0.29) is 5.41 Å². The molecule has 3 aromatic heterocycles. The van der Waals surface area contributed by atoms with Gasteiger partial charge in [-0.25, -0.2) is 9.97 Å². The molecule has 9 rings (SSSR count). The Bertz CT molecular complexity index is 2840. The van der Waals surface area contributed by atoms with Crippen molar-refractivity contribution in [2.75, 3.05) is 0 Å². The van der Waals surface area contributed by atoms with Crippen molar-refractivity contribution in [2.45, 2.75) is 124 Å². The smallest absolute Gasteiger partial charge is 0.0988 e. The maximum absolute atomic E-state index is 5.70. The zero-order valence-electron chi connectivity index (χ0n) is 38.2. The topological polar surface area (TPSA) is 25.8 Å². The second-order valence-electron chi connectivity index (χ2n) is 18.0. The lowest BCUT2D eigenvalue weighted by Crippen LogP contribution is -2.25. The number of thiophene rings is 2. The maximum Gasteiger partial charge on any atom is 0.0988 e. The summed E-state index contributed by atoms with van der Waals surface area (Å²) in [6, 6.07) is 46.3. The number of aromatic nitrogens is 2. The van der Waals surface area contributed by atoms with Crippen molar-refractivity contribution in [2.24, 2.45) is 0 Å². The third-order valence-corrected chi connectivity index (χ3v) is 15.9. The monoisotopic (exact) mass is 862 g/mol. The van der Waals surface area contributed by atoms with E-state index < -0.39 is 0 Å². The van der Waals surface area contributed by atoms with Crippen molar-refractivity contribution >= 4 is 33.7 Å². The van der Waals surface area contributed by atoms with Gasteiger partial charge in [0.1, 0.15) is 0 Å². The van der Waals surface area contributed by atoms with Gasteiger partial charge in [-0.1, -0.05) is 176 Å². The van der Waals surface area contributed by atoms with Crippen LogP contribution in [0.4, 0.5) is 0 Å². The molecule has 0 amide bonds. The van der Waals surface area contributed by atoms with E-state index in [4.69, 9.17) is 9.97 Å². The molecular weight excluding hydrogens is 801 g/mol. The van der Waals surface area contributed by atoms with Crippen LogP contribution in [0.15, 0.2) is 121 Å². The molecule has 4 heteroatoms. The molecule has 8 aromatic rings. The summed E-state index contributed by atoms with van der Waals surface area (Å²) in [5.74, 6) is 0. The summed E-state index contributed by atoms with van der Waals surface area (Å²) in [5, 5.41) is 0. The highest BCUT2D eigenvalue weighted by Gasteiger charge is 2.42. The van der Waals surface area contributed by atoms with Gasteiger partial charge in [0.05, 0.1) is 22.4 Å². The Hall–Kier alpha value is -5.16. The van der Waals surface area contributed by atoms with Crippen LogP contribution in [-0.2, 0) is 18.3 Å². The summed E-state index contributed by atoms with van der Waals surface area (Å²) in [5.41, 5.74) is 19.6. The zero-order chi connectivity index (χ0) is 43.5. The number of aryl methyl sites for hydroxylation is 4. The van der Waals surface area contributed by atoms with Gasteiger partial charge in [-0.2, -0.15) is 0 Å². The molecule has 2 nitrogen and oxygen atoms in total. The predicted molar refractivity (Wildman–Crippen MR) is 274 cm³/mol. The highest BCUT2D eigenvalue weighted by Crippen LogP contribution is 2.56. The van der Waals surface area contributed by atoms with Crippen molar-refractivity contribution in [1.29, 1.82) is 0 Å². The minimum atomic E-state index is 0.0519. The number of benzene rings is 5. The molecule has 0 fully saturated rings. The van der Waals surface area contributed by atoms with Gasteiger partial charge in [-0.05, 0) is 109 Å². The molecule has 3 heterocycles. The first-order chi connectivity index (χ1) is 30.8. The zero-order valence-corrected chi connectivity index (χ0v) is 39.9. The third kappa shape index (κ3) is 8.50. The average molecular weight is 863 g/mol. The van der Waals surface area contributed by atoms with E-state index in [0.29, 0.717) is 0 Å². The van der Waals surface area contributed by atoms with Crippen LogP contribution in [-0.4, -0.2) is 9.97 Å². The Labute approximate surface area is 384 Å². The lowest BCUT2D eigenvalue weighted by molar-refractivity contribution is 0.401. The largest absolute Gasteiger partial charge is 0.243 e. The minimum absolute atomic E-state index is 0.0519. The summed E-state index contributed by atoms with van der Waals surface area (Å²) in [6.45, 7) is 13.5. The van der Waals surface area contributed by atoms with Crippen LogP contribution in [0.5, 0.6) is 0 Å². The van der Waals surface area contributed by atoms with Crippen molar-refractivity contribution in [1.82, 2.24) is 9.97 Å². The number of rotatable bonds is 17.